The molecule has 2 aromatic carbocycles. The van der Waals surface area contributed by atoms with Gasteiger partial charge in [0, 0.05) is 10.6 Å². The van der Waals surface area contributed by atoms with Crippen LogP contribution in [0, 0.1) is 25.2 Å². The number of nitrogens with zero attached hydrogens (tertiary/aromatic N) is 2. The summed E-state index contributed by atoms with van der Waals surface area (Å²) < 4.78 is 5.08. The van der Waals surface area contributed by atoms with Gasteiger partial charge in [0.25, 0.3) is 5.91 Å². The number of ether oxygens (including phenoxy) is 1. The molecule has 0 spiro atoms. The summed E-state index contributed by atoms with van der Waals surface area (Å²) in [5.41, 5.74) is 2.86. The number of rotatable bonds is 7. The standard InChI is InChI=1S/C20H20N2O3S/c1-15-8-9-18(16(2)12-15)26-14-20(24)25-13-19(23)22(11-10-21)17-6-4-3-5-7-17/h3-9,12H,11,13-14H2,1-2H3. The van der Waals surface area contributed by atoms with Crippen LogP contribution in [0.5, 0.6) is 0 Å². The number of hydrogen-bond acceptors (Lipinski definition) is 5. The predicted molar refractivity (Wildman–Crippen MR) is 102 cm³/mol. The molecule has 134 valence electrons. The number of aryl methyl sites for hydroxylation is 2. The van der Waals surface area contributed by atoms with Crippen molar-refractivity contribution in [2.45, 2.75) is 18.7 Å². The summed E-state index contributed by atoms with van der Waals surface area (Å²) >= 11 is 1.38. The molecule has 0 atom stereocenters. The molecule has 2 aromatic rings. The van der Waals surface area contributed by atoms with Crippen LogP contribution in [-0.4, -0.2) is 30.8 Å². The number of esters is 1. The average Bonchev–Trinajstić information content (AvgIpc) is 2.64. The number of carbonyl (C=O) groups is 2. The fourth-order valence-electron chi connectivity index (χ4n) is 2.36. The van der Waals surface area contributed by atoms with E-state index < -0.39 is 11.9 Å². The molecule has 0 saturated heterocycles. The lowest BCUT2D eigenvalue weighted by Crippen LogP contribution is -2.35. The molecule has 26 heavy (non-hydrogen) atoms. The molecule has 0 fully saturated rings. The Morgan fingerprint density at radius 1 is 1.15 bits per heavy atom. The van der Waals surface area contributed by atoms with Crippen LogP contribution in [0.25, 0.3) is 0 Å². The lowest BCUT2D eigenvalue weighted by molar-refractivity contribution is -0.145. The first-order chi connectivity index (χ1) is 12.5. The Kier molecular flexibility index (Phi) is 7.24. The molecule has 0 aromatic heterocycles. The molecule has 0 N–H and O–H groups in total. The zero-order chi connectivity index (χ0) is 18.9. The molecule has 0 aliphatic rings. The van der Waals surface area contributed by atoms with E-state index in [1.165, 1.54) is 22.2 Å². The van der Waals surface area contributed by atoms with E-state index in [2.05, 4.69) is 6.07 Å². The first kappa shape index (κ1) is 19.5. The van der Waals surface area contributed by atoms with E-state index in [1.54, 1.807) is 24.3 Å². The third-order valence-corrected chi connectivity index (χ3v) is 4.78. The summed E-state index contributed by atoms with van der Waals surface area (Å²) in [4.78, 5) is 26.5. The summed E-state index contributed by atoms with van der Waals surface area (Å²) in [6, 6.07) is 16.8. The van der Waals surface area contributed by atoms with E-state index in [0.29, 0.717) is 5.69 Å². The van der Waals surface area contributed by atoms with E-state index in [-0.39, 0.29) is 18.9 Å². The van der Waals surface area contributed by atoms with Crippen molar-refractivity contribution in [1.82, 2.24) is 0 Å². The number of thioether (sulfide) groups is 1. The number of benzene rings is 2. The van der Waals surface area contributed by atoms with Gasteiger partial charge in [0.1, 0.15) is 6.54 Å². The molecular weight excluding hydrogens is 348 g/mol. The SMILES string of the molecule is Cc1ccc(SCC(=O)OCC(=O)N(CC#N)c2ccccc2)c(C)c1. The maximum atomic E-state index is 12.3. The van der Waals surface area contributed by atoms with Gasteiger partial charge in [-0.1, -0.05) is 35.9 Å². The molecular formula is C20H20N2O3S. The maximum Gasteiger partial charge on any atom is 0.316 e. The monoisotopic (exact) mass is 368 g/mol. The minimum absolute atomic E-state index is 0.0995. The molecule has 5 nitrogen and oxygen atoms in total. The van der Waals surface area contributed by atoms with Gasteiger partial charge < -0.3 is 4.74 Å². The first-order valence-electron chi connectivity index (χ1n) is 8.09. The normalized spacial score (nSPS) is 10.0. The first-order valence-corrected chi connectivity index (χ1v) is 9.08. The van der Waals surface area contributed by atoms with E-state index in [0.717, 1.165) is 10.5 Å². The van der Waals surface area contributed by atoms with Crippen LogP contribution >= 0.6 is 11.8 Å². The van der Waals surface area contributed by atoms with Crippen molar-refractivity contribution in [3.8, 4) is 6.07 Å². The van der Waals surface area contributed by atoms with Gasteiger partial charge in [0.05, 0.1) is 11.8 Å². The summed E-state index contributed by atoms with van der Waals surface area (Å²) in [6.45, 7) is 3.52. The summed E-state index contributed by atoms with van der Waals surface area (Å²) in [7, 11) is 0. The van der Waals surface area contributed by atoms with Crippen LogP contribution in [0.3, 0.4) is 0 Å². The molecule has 0 aliphatic carbocycles. The van der Waals surface area contributed by atoms with E-state index in [9.17, 15) is 9.59 Å². The quantitative estimate of drug-likeness (QED) is 0.425. The lowest BCUT2D eigenvalue weighted by Gasteiger charge is -2.19. The second-order valence-corrected chi connectivity index (χ2v) is 6.71. The summed E-state index contributed by atoms with van der Waals surface area (Å²) in [5.74, 6) is -0.767. The second-order valence-electron chi connectivity index (χ2n) is 5.69. The fourth-order valence-corrected chi connectivity index (χ4v) is 3.17. The molecule has 0 heterocycles. The highest BCUT2D eigenvalue weighted by Crippen LogP contribution is 2.23. The van der Waals surface area contributed by atoms with Crippen molar-refractivity contribution in [3.05, 3.63) is 59.7 Å². The van der Waals surface area contributed by atoms with Crippen LogP contribution in [0.4, 0.5) is 5.69 Å². The molecule has 1 amide bonds. The van der Waals surface area contributed by atoms with Gasteiger partial charge in [-0.2, -0.15) is 5.26 Å². The van der Waals surface area contributed by atoms with Crippen LogP contribution < -0.4 is 4.90 Å². The average molecular weight is 368 g/mol. The zero-order valence-electron chi connectivity index (χ0n) is 14.8. The van der Waals surface area contributed by atoms with E-state index in [1.807, 2.05) is 38.1 Å². The highest BCUT2D eigenvalue weighted by molar-refractivity contribution is 8.00. The Hall–Kier alpha value is -2.78. The van der Waals surface area contributed by atoms with Gasteiger partial charge in [0.2, 0.25) is 0 Å². The summed E-state index contributed by atoms with van der Waals surface area (Å²) in [6.07, 6.45) is 0. The maximum absolute atomic E-state index is 12.3. The molecule has 0 radical (unpaired) electrons. The smallest absolute Gasteiger partial charge is 0.316 e. The molecule has 0 unspecified atom stereocenters. The van der Waals surface area contributed by atoms with Crippen LogP contribution in [0.1, 0.15) is 11.1 Å². The Bertz CT molecular complexity index is 816. The van der Waals surface area contributed by atoms with Gasteiger partial charge in [0.15, 0.2) is 6.61 Å². The number of hydrogen-bond donors (Lipinski definition) is 0. The van der Waals surface area contributed by atoms with Crippen molar-refractivity contribution in [2.75, 3.05) is 23.8 Å². The largest absolute Gasteiger partial charge is 0.455 e. The highest BCUT2D eigenvalue weighted by atomic mass is 32.2. The van der Waals surface area contributed by atoms with Crippen LogP contribution in [-0.2, 0) is 14.3 Å². The van der Waals surface area contributed by atoms with Crippen molar-refractivity contribution in [3.63, 3.8) is 0 Å². The van der Waals surface area contributed by atoms with Gasteiger partial charge in [-0.05, 0) is 37.6 Å². The Labute approximate surface area is 157 Å². The third-order valence-electron chi connectivity index (χ3n) is 3.63. The molecule has 0 saturated carbocycles. The fraction of sp³-hybridized carbons (Fsp3) is 0.250. The van der Waals surface area contributed by atoms with Crippen molar-refractivity contribution in [1.29, 1.82) is 5.26 Å². The Balaban J connectivity index is 1.87. The van der Waals surface area contributed by atoms with Gasteiger partial charge >= 0.3 is 5.97 Å². The number of anilines is 1. The minimum Gasteiger partial charge on any atom is -0.455 e. The molecule has 6 heteroatoms. The molecule has 2 rings (SSSR count). The molecule has 0 bridgehead atoms. The predicted octanol–water partition coefficient (Wildman–Crippen LogP) is 3.50. The van der Waals surface area contributed by atoms with E-state index >= 15 is 0 Å². The van der Waals surface area contributed by atoms with Gasteiger partial charge in [-0.25, -0.2) is 0 Å². The summed E-state index contributed by atoms with van der Waals surface area (Å²) in [5, 5.41) is 8.93. The van der Waals surface area contributed by atoms with Gasteiger partial charge in [-0.15, -0.1) is 11.8 Å². The topological polar surface area (TPSA) is 70.4 Å². The highest BCUT2D eigenvalue weighted by Gasteiger charge is 2.17. The zero-order valence-corrected chi connectivity index (χ0v) is 15.6. The van der Waals surface area contributed by atoms with Crippen LogP contribution in [0.2, 0.25) is 0 Å². The van der Waals surface area contributed by atoms with Crippen molar-refractivity contribution >= 4 is 29.3 Å². The van der Waals surface area contributed by atoms with Crippen molar-refractivity contribution < 1.29 is 14.3 Å². The van der Waals surface area contributed by atoms with E-state index in [4.69, 9.17) is 10.00 Å². The second kappa shape index (κ2) is 9.64. The Morgan fingerprint density at radius 2 is 1.88 bits per heavy atom. The molecule has 0 aliphatic heterocycles. The van der Waals surface area contributed by atoms with Crippen molar-refractivity contribution in [2.24, 2.45) is 0 Å². The number of amides is 1. The third kappa shape index (κ3) is 5.64. The number of para-hydroxylation sites is 1. The number of nitriles is 1. The lowest BCUT2D eigenvalue weighted by atomic mass is 10.2. The minimum atomic E-state index is -0.465. The Morgan fingerprint density at radius 3 is 2.54 bits per heavy atom. The van der Waals surface area contributed by atoms with Gasteiger partial charge in [-0.3, -0.25) is 14.5 Å². The van der Waals surface area contributed by atoms with Crippen LogP contribution in [0.15, 0.2) is 53.4 Å². The number of carbonyl (C=O) groups excluding carboxylic acids is 2.